The van der Waals surface area contributed by atoms with Gasteiger partial charge in [0, 0.05) is 30.6 Å². The van der Waals surface area contributed by atoms with Crippen molar-refractivity contribution in [1.29, 1.82) is 0 Å². The van der Waals surface area contributed by atoms with E-state index in [1.807, 2.05) is 43.3 Å². The Hall–Kier alpha value is -2.33. The number of rotatable bonds is 8. The quantitative estimate of drug-likeness (QED) is 0.193. The van der Waals surface area contributed by atoms with E-state index in [0.717, 1.165) is 11.3 Å². The van der Waals surface area contributed by atoms with E-state index in [9.17, 15) is 0 Å². The van der Waals surface area contributed by atoms with Gasteiger partial charge in [-0.2, -0.15) is 4.98 Å². The molecule has 0 radical (unpaired) electrons. The monoisotopic (exact) mass is 541 g/mol. The zero-order valence-corrected chi connectivity index (χ0v) is 20.0. The highest BCUT2D eigenvalue weighted by molar-refractivity contribution is 14.0. The summed E-state index contributed by atoms with van der Waals surface area (Å²) in [4.78, 5) is 8.60. The van der Waals surface area contributed by atoms with Crippen molar-refractivity contribution >= 4 is 41.5 Å². The number of aryl methyl sites for hydroxylation is 1. The smallest absolute Gasteiger partial charge is 0.228 e. The average Bonchev–Trinajstić information content (AvgIpc) is 3.20. The van der Waals surface area contributed by atoms with Crippen LogP contribution in [0.5, 0.6) is 5.75 Å². The lowest BCUT2D eigenvalue weighted by Gasteiger charge is -2.12. The molecule has 1 aromatic heterocycles. The van der Waals surface area contributed by atoms with E-state index >= 15 is 0 Å². The third-order valence-corrected chi connectivity index (χ3v) is 4.33. The van der Waals surface area contributed by atoms with Crippen LogP contribution >= 0.6 is 35.6 Å². The molecule has 2 aromatic carbocycles. The van der Waals surface area contributed by atoms with Gasteiger partial charge in [0.2, 0.25) is 11.7 Å². The van der Waals surface area contributed by atoms with Crippen LogP contribution in [0.15, 0.2) is 58.0 Å². The van der Waals surface area contributed by atoms with Crippen LogP contribution in [0.1, 0.15) is 11.5 Å². The fourth-order valence-electron chi connectivity index (χ4n) is 2.58. The fraction of sp³-hybridized carbons (Fsp3) is 0.286. The summed E-state index contributed by atoms with van der Waals surface area (Å²) in [5, 5.41) is 11.1. The Morgan fingerprint density at radius 1 is 1.13 bits per heavy atom. The van der Waals surface area contributed by atoms with Crippen molar-refractivity contribution in [2.45, 2.75) is 13.3 Å². The van der Waals surface area contributed by atoms with Crippen LogP contribution < -0.4 is 15.4 Å². The normalized spacial score (nSPS) is 11.0. The Morgan fingerprint density at radius 2 is 1.90 bits per heavy atom. The van der Waals surface area contributed by atoms with Crippen molar-refractivity contribution in [2.24, 2.45) is 4.99 Å². The van der Waals surface area contributed by atoms with Gasteiger partial charge in [0.1, 0.15) is 12.4 Å². The summed E-state index contributed by atoms with van der Waals surface area (Å²) in [6, 6.07) is 15.3. The lowest BCUT2D eigenvalue weighted by atomic mass is 10.2. The SMILES string of the molecule is CN=C(NCCOc1ccc(C)cc1)NCCc1nc(-c2cccc(Cl)c2)no1.I. The number of halogens is 2. The highest BCUT2D eigenvalue weighted by Crippen LogP contribution is 2.19. The first-order valence-corrected chi connectivity index (χ1v) is 9.74. The fourth-order valence-corrected chi connectivity index (χ4v) is 2.77. The second-order valence-electron chi connectivity index (χ2n) is 6.36. The maximum atomic E-state index is 6.00. The Morgan fingerprint density at radius 3 is 2.63 bits per heavy atom. The van der Waals surface area contributed by atoms with Crippen LogP contribution in [-0.2, 0) is 6.42 Å². The highest BCUT2D eigenvalue weighted by Gasteiger charge is 2.09. The first-order valence-electron chi connectivity index (χ1n) is 9.36. The van der Waals surface area contributed by atoms with Crippen molar-refractivity contribution in [1.82, 2.24) is 20.8 Å². The molecular weight excluding hydrogens is 517 g/mol. The molecule has 0 aliphatic carbocycles. The molecule has 2 N–H and O–H groups in total. The van der Waals surface area contributed by atoms with Gasteiger partial charge in [-0.15, -0.1) is 24.0 Å². The lowest BCUT2D eigenvalue weighted by molar-refractivity contribution is 0.322. The lowest BCUT2D eigenvalue weighted by Crippen LogP contribution is -2.40. The van der Waals surface area contributed by atoms with Crippen LogP contribution in [0.4, 0.5) is 0 Å². The Kier molecular flexibility index (Phi) is 9.88. The molecule has 0 saturated heterocycles. The molecule has 0 saturated carbocycles. The average molecular weight is 542 g/mol. The van der Waals surface area contributed by atoms with Crippen LogP contribution in [0.3, 0.4) is 0 Å². The molecule has 7 nitrogen and oxygen atoms in total. The number of hydrogen-bond donors (Lipinski definition) is 2. The maximum absolute atomic E-state index is 6.00. The number of nitrogens with one attached hydrogen (secondary N) is 2. The van der Waals surface area contributed by atoms with Crippen LogP contribution in [0.2, 0.25) is 5.02 Å². The molecule has 0 aliphatic rings. The molecule has 9 heteroatoms. The van der Waals surface area contributed by atoms with E-state index in [0.29, 0.717) is 48.8 Å². The minimum atomic E-state index is 0. The van der Waals surface area contributed by atoms with Crippen molar-refractivity contribution < 1.29 is 9.26 Å². The maximum Gasteiger partial charge on any atom is 0.228 e. The molecule has 3 aromatic rings. The van der Waals surface area contributed by atoms with Gasteiger partial charge in [-0.1, -0.05) is 46.6 Å². The van der Waals surface area contributed by atoms with Crippen molar-refractivity contribution in [3.05, 3.63) is 65.0 Å². The molecule has 0 atom stereocenters. The summed E-state index contributed by atoms with van der Waals surface area (Å²) >= 11 is 6.00. The molecule has 0 bridgehead atoms. The third-order valence-electron chi connectivity index (χ3n) is 4.09. The van der Waals surface area contributed by atoms with E-state index in [1.165, 1.54) is 5.56 Å². The molecule has 0 spiro atoms. The summed E-state index contributed by atoms with van der Waals surface area (Å²) in [6.45, 7) is 3.83. The molecule has 160 valence electrons. The molecule has 0 amide bonds. The first kappa shape index (κ1) is 23.9. The molecule has 0 aliphatic heterocycles. The highest BCUT2D eigenvalue weighted by atomic mass is 127. The van der Waals surface area contributed by atoms with Gasteiger partial charge in [-0.3, -0.25) is 4.99 Å². The van der Waals surface area contributed by atoms with Gasteiger partial charge < -0.3 is 19.9 Å². The molecule has 0 unspecified atom stereocenters. The predicted molar refractivity (Wildman–Crippen MR) is 130 cm³/mol. The number of aromatic nitrogens is 2. The van der Waals surface area contributed by atoms with Crippen molar-refractivity contribution in [3.8, 4) is 17.1 Å². The van der Waals surface area contributed by atoms with Crippen molar-refractivity contribution in [3.63, 3.8) is 0 Å². The molecule has 3 rings (SSSR count). The van der Waals surface area contributed by atoms with Gasteiger partial charge in [0.05, 0.1) is 6.54 Å². The first-order chi connectivity index (χ1) is 14.1. The van der Waals surface area contributed by atoms with Crippen molar-refractivity contribution in [2.75, 3.05) is 26.7 Å². The van der Waals surface area contributed by atoms with Gasteiger partial charge in [-0.25, -0.2) is 0 Å². The van der Waals surface area contributed by atoms with Gasteiger partial charge in [0.15, 0.2) is 5.96 Å². The largest absolute Gasteiger partial charge is 0.492 e. The van der Waals surface area contributed by atoms with Gasteiger partial charge >= 0.3 is 0 Å². The summed E-state index contributed by atoms with van der Waals surface area (Å²) in [6.07, 6.45) is 0.578. The van der Waals surface area contributed by atoms with E-state index < -0.39 is 0 Å². The van der Waals surface area contributed by atoms with Gasteiger partial charge in [-0.05, 0) is 31.2 Å². The second-order valence-corrected chi connectivity index (χ2v) is 6.80. The summed E-state index contributed by atoms with van der Waals surface area (Å²) < 4.78 is 11.0. The number of ether oxygens (including phenoxy) is 1. The Bertz CT molecular complexity index is 947. The minimum Gasteiger partial charge on any atom is -0.492 e. The minimum absolute atomic E-state index is 0. The zero-order valence-electron chi connectivity index (χ0n) is 16.9. The standard InChI is InChI=1S/C21H24ClN5O2.HI/c1-15-6-8-18(9-7-15)28-13-12-25-21(23-2)24-11-10-19-26-20(27-29-19)16-4-3-5-17(22)14-16;/h3-9,14H,10-13H2,1-2H3,(H2,23,24,25);1H. The van der Waals surface area contributed by atoms with Crippen LogP contribution in [0.25, 0.3) is 11.4 Å². The van der Waals surface area contributed by atoms with Gasteiger partial charge in [0.25, 0.3) is 0 Å². The van der Waals surface area contributed by atoms with E-state index in [1.54, 1.807) is 19.2 Å². The third kappa shape index (κ3) is 7.49. The molecule has 0 fully saturated rings. The number of aliphatic imine (C=N–C) groups is 1. The van der Waals surface area contributed by atoms with Crippen LogP contribution in [-0.4, -0.2) is 42.8 Å². The second kappa shape index (κ2) is 12.4. The zero-order chi connectivity index (χ0) is 20.5. The summed E-state index contributed by atoms with van der Waals surface area (Å²) in [5.41, 5.74) is 2.03. The van der Waals surface area contributed by atoms with E-state index in [-0.39, 0.29) is 24.0 Å². The number of nitrogens with zero attached hydrogens (tertiary/aromatic N) is 3. The van der Waals surface area contributed by atoms with E-state index in [2.05, 4.69) is 25.8 Å². The number of hydrogen-bond acceptors (Lipinski definition) is 5. The number of benzene rings is 2. The molecular formula is C21H25ClIN5O2. The summed E-state index contributed by atoms with van der Waals surface area (Å²) in [7, 11) is 1.72. The van der Waals surface area contributed by atoms with Crippen LogP contribution in [0, 0.1) is 6.92 Å². The van der Waals surface area contributed by atoms with E-state index in [4.69, 9.17) is 20.9 Å². The Balaban J connectivity index is 0.00000320. The summed E-state index contributed by atoms with van der Waals surface area (Å²) in [5.74, 6) is 2.61. The number of guanidine groups is 1. The predicted octanol–water partition coefficient (Wildman–Crippen LogP) is 4.10. The molecule has 1 heterocycles. The topological polar surface area (TPSA) is 84.6 Å². The Labute approximate surface area is 198 Å². The molecule has 30 heavy (non-hydrogen) atoms.